The van der Waals surface area contributed by atoms with Crippen molar-refractivity contribution in [2.24, 2.45) is 17.3 Å². The molecule has 0 radical (unpaired) electrons. The average molecular weight is 599 g/mol. The highest BCUT2D eigenvalue weighted by Gasteiger charge is 2.78. The number of rotatable bonds is 4. The molecule has 1 saturated carbocycles. The fourth-order valence-corrected chi connectivity index (χ4v) is 7.13. The van der Waals surface area contributed by atoms with E-state index in [-0.39, 0.29) is 18.6 Å². The maximum absolute atomic E-state index is 13.0. The molecule has 4 aliphatic rings. The van der Waals surface area contributed by atoms with E-state index in [9.17, 15) is 29.1 Å². The van der Waals surface area contributed by atoms with Crippen LogP contribution in [0.25, 0.3) is 0 Å². The monoisotopic (exact) mass is 598 g/mol. The van der Waals surface area contributed by atoms with Gasteiger partial charge in [-0.2, -0.15) is 0 Å². The van der Waals surface area contributed by atoms with Gasteiger partial charge in [-0.25, -0.2) is 0 Å². The molecule has 0 aromatic carbocycles. The lowest BCUT2D eigenvalue weighted by Gasteiger charge is -2.57. The first kappa shape index (κ1) is 31.0. The van der Waals surface area contributed by atoms with Gasteiger partial charge in [0.1, 0.15) is 30.0 Å². The lowest BCUT2D eigenvalue weighted by molar-refractivity contribution is -0.254. The minimum atomic E-state index is -2.28. The molecule has 1 spiro atoms. The first-order valence-electron chi connectivity index (χ1n) is 13.3. The molecule has 11 atom stereocenters. The summed E-state index contributed by atoms with van der Waals surface area (Å²) in [6, 6.07) is 0. The van der Waals surface area contributed by atoms with Crippen LogP contribution >= 0.6 is 11.6 Å². The van der Waals surface area contributed by atoms with Crippen LogP contribution in [0.4, 0.5) is 0 Å². The third-order valence-corrected chi connectivity index (χ3v) is 9.28. The van der Waals surface area contributed by atoms with Crippen LogP contribution in [0, 0.1) is 17.3 Å². The number of hydrogen-bond donors (Lipinski definition) is 1. The Kier molecular flexibility index (Phi) is 8.09. The van der Waals surface area contributed by atoms with Gasteiger partial charge in [-0.3, -0.25) is 24.0 Å². The topological polar surface area (TPSA) is 164 Å². The summed E-state index contributed by atoms with van der Waals surface area (Å²) in [5.74, 6) is -6.15. The fraction of sp³-hybridized carbons (Fsp3) is 0.679. The number of fused-ring (bicyclic) bond motifs is 3. The van der Waals surface area contributed by atoms with Gasteiger partial charge in [0, 0.05) is 40.0 Å². The first-order chi connectivity index (χ1) is 19.0. The van der Waals surface area contributed by atoms with E-state index in [1.165, 1.54) is 39.8 Å². The maximum atomic E-state index is 13.0. The molecule has 3 fully saturated rings. The summed E-state index contributed by atoms with van der Waals surface area (Å²) >= 11 is 6.73. The van der Waals surface area contributed by atoms with Crippen LogP contribution in [0.5, 0.6) is 0 Å². The summed E-state index contributed by atoms with van der Waals surface area (Å²) in [6.07, 6.45) is -3.54. The molecular weight excluding hydrogens is 564 g/mol. The van der Waals surface area contributed by atoms with E-state index < -0.39 is 94.2 Å². The predicted octanol–water partition coefficient (Wildman–Crippen LogP) is 1.53. The van der Waals surface area contributed by atoms with Gasteiger partial charge in [-0.15, -0.1) is 11.6 Å². The highest BCUT2D eigenvalue weighted by atomic mass is 35.5. The Balaban J connectivity index is 2.09. The largest absolute Gasteiger partial charge is 0.462 e. The van der Waals surface area contributed by atoms with Crippen molar-refractivity contribution in [2.75, 3.05) is 6.61 Å². The number of epoxide rings is 1. The SMILES string of the molecule is C=C1/C=C\[C@@H](OC(C)=O)[C@@]2(C)[C@@H](OC(C)=O)C[C@@H](OC(C)=O)[C@]3(CO3)[C@@H]2[C@H](OC(C)=O)[C@]2(O)[C@@H](C)C(=O)O[C@H]2[C@H]1Cl. The number of aliphatic hydroxyl groups is 1. The molecular formula is C28H35ClO12. The summed E-state index contributed by atoms with van der Waals surface area (Å²) in [5, 5.41) is 11.3. The number of hydrogen-bond acceptors (Lipinski definition) is 12. The maximum Gasteiger partial charge on any atom is 0.312 e. The molecule has 0 bridgehead atoms. The summed E-state index contributed by atoms with van der Waals surface area (Å²) in [4.78, 5) is 62.8. The summed E-state index contributed by atoms with van der Waals surface area (Å²) < 4.78 is 34.7. The Bertz CT molecular complexity index is 1190. The summed E-state index contributed by atoms with van der Waals surface area (Å²) in [6.45, 7) is 11.7. The van der Waals surface area contributed by atoms with Crippen molar-refractivity contribution in [3.05, 3.63) is 24.3 Å². The molecule has 2 aliphatic carbocycles. The quantitative estimate of drug-likeness (QED) is 0.215. The van der Waals surface area contributed by atoms with Gasteiger partial charge in [0.05, 0.1) is 23.3 Å². The molecule has 226 valence electrons. The van der Waals surface area contributed by atoms with E-state index >= 15 is 0 Å². The van der Waals surface area contributed by atoms with Gasteiger partial charge >= 0.3 is 29.8 Å². The zero-order valence-corrected chi connectivity index (χ0v) is 24.5. The molecule has 0 amide bonds. The van der Waals surface area contributed by atoms with E-state index in [1.54, 1.807) is 6.92 Å². The van der Waals surface area contributed by atoms with Crippen LogP contribution in [0.15, 0.2) is 24.3 Å². The van der Waals surface area contributed by atoms with Crippen molar-refractivity contribution >= 4 is 41.4 Å². The van der Waals surface area contributed by atoms with Gasteiger partial charge in [-0.1, -0.05) is 19.6 Å². The third-order valence-electron chi connectivity index (χ3n) is 8.77. The van der Waals surface area contributed by atoms with Crippen molar-refractivity contribution in [1.82, 2.24) is 0 Å². The highest BCUT2D eigenvalue weighted by Crippen LogP contribution is 2.63. The van der Waals surface area contributed by atoms with Crippen LogP contribution in [0.2, 0.25) is 0 Å². The number of halogens is 1. The van der Waals surface area contributed by atoms with Crippen molar-refractivity contribution < 1.29 is 57.5 Å². The number of allylic oxidation sites excluding steroid dienone is 1. The van der Waals surface area contributed by atoms with Crippen LogP contribution in [0.3, 0.4) is 0 Å². The Morgan fingerprint density at radius 1 is 1.00 bits per heavy atom. The van der Waals surface area contributed by atoms with Gasteiger partial charge in [-0.05, 0) is 18.6 Å². The second-order valence-corrected chi connectivity index (χ2v) is 11.9. The fourth-order valence-electron chi connectivity index (χ4n) is 6.81. The molecule has 0 aromatic rings. The minimum Gasteiger partial charge on any atom is -0.462 e. The first-order valence-corrected chi connectivity index (χ1v) is 13.7. The van der Waals surface area contributed by atoms with E-state index in [4.69, 9.17) is 40.0 Å². The van der Waals surface area contributed by atoms with E-state index in [1.807, 2.05) is 0 Å². The van der Waals surface area contributed by atoms with Crippen molar-refractivity contribution in [3.63, 3.8) is 0 Å². The van der Waals surface area contributed by atoms with Crippen LogP contribution < -0.4 is 0 Å². The Morgan fingerprint density at radius 3 is 2.05 bits per heavy atom. The van der Waals surface area contributed by atoms with Gasteiger partial charge in [0.2, 0.25) is 0 Å². The molecule has 0 unspecified atom stereocenters. The van der Waals surface area contributed by atoms with Gasteiger partial charge in [0.15, 0.2) is 11.7 Å². The number of carbonyl (C=O) groups excluding carboxylic acids is 5. The number of carbonyl (C=O) groups is 5. The van der Waals surface area contributed by atoms with E-state index in [0.717, 1.165) is 6.92 Å². The van der Waals surface area contributed by atoms with Crippen LogP contribution in [-0.4, -0.2) is 88.7 Å². The lowest BCUT2D eigenvalue weighted by atomic mass is 9.52. The van der Waals surface area contributed by atoms with Crippen LogP contribution in [0.1, 0.15) is 48.0 Å². The smallest absolute Gasteiger partial charge is 0.312 e. The zero-order chi connectivity index (χ0) is 30.7. The predicted molar refractivity (Wildman–Crippen MR) is 139 cm³/mol. The standard InChI is InChI=1S/C28H35ClO12/c1-12-8-9-18(37-14(3)30)26(7)19(38-15(4)31)10-20(39-16(5)32)27(11-36-27)22(26)24(40-17(6)33)28(35)13(2)25(34)41-23(28)21(12)29/h8-9,13,18-24,35H,1,10-11H2,2-7H3/b9-8-/t13-,18+,19-,20+,21-,22+,23-,24-,26-,27+,28-/m0/s1. The summed E-state index contributed by atoms with van der Waals surface area (Å²) in [5.41, 5.74) is -5.00. The molecule has 0 aromatic heterocycles. The van der Waals surface area contributed by atoms with Crippen molar-refractivity contribution in [2.45, 2.75) is 95.1 Å². The molecule has 2 heterocycles. The van der Waals surface area contributed by atoms with Crippen molar-refractivity contribution in [3.8, 4) is 0 Å². The van der Waals surface area contributed by atoms with E-state index in [2.05, 4.69) is 6.58 Å². The van der Waals surface area contributed by atoms with E-state index in [0.29, 0.717) is 0 Å². The molecule has 4 rings (SSSR count). The van der Waals surface area contributed by atoms with Gasteiger partial charge in [0.25, 0.3) is 0 Å². The number of ether oxygens (including phenoxy) is 6. The second-order valence-electron chi connectivity index (χ2n) is 11.4. The molecule has 1 N–H and O–H groups in total. The van der Waals surface area contributed by atoms with Gasteiger partial charge < -0.3 is 33.5 Å². The number of esters is 5. The molecule has 2 saturated heterocycles. The third kappa shape index (κ3) is 5.03. The normalized spacial score (nSPS) is 44.0. The van der Waals surface area contributed by atoms with Crippen LogP contribution in [-0.2, 0) is 52.4 Å². The molecule has 12 nitrogen and oxygen atoms in total. The second kappa shape index (κ2) is 10.7. The molecule has 2 aliphatic heterocycles. The average Bonchev–Trinajstić information content (AvgIpc) is 3.61. The minimum absolute atomic E-state index is 0.0206. The Labute approximate surface area is 242 Å². The lowest BCUT2D eigenvalue weighted by Crippen LogP contribution is -2.72. The summed E-state index contributed by atoms with van der Waals surface area (Å²) in [7, 11) is 0. The number of alkyl halides is 1. The molecule has 13 heteroatoms. The Morgan fingerprint density at radius 2 is 1.54 bits per heavy atom. The zero-order valence-electron chi connectivity index (χ0n) is 23.7. The molecule has 41 heavy (non-hydrogen) atoms. The Hall–Kier alpha value is -2.96. The highest BCUT2D eigenvalue weighted by molar-refractivity contribution is 6.23. The van der Waals surface area contributed by atoms with Crippen molar-refractivity contribution in [1.29, 1.82) is 0 Å².